The molecule has 94 valence electrons. The molecule has 1 rings (SSSR count). The van der Waals surface area contributed by atoms with Crippen LogP contribution < -0.4 is 5.32 Å². The van der Waals surface area contributed by atoms with Gasteiger partial charge in [0.15, 0.2) is 5.78 Å². The summed E-state index contributed by atoms with van der Waals surface area (Å²) in [5.74, 6) is 0.956. The Morgan fingerprint density at radius 3 is 2.69 bits per heavy atom. The second-order valence-corrected chi connectivity index (χ2v) is 5.09. The van der Waals surface area contributed by atoms with Crippen LogP contribution in [0.3, 0.4) is 0 Å². The molecule has 0 amide bonds. The molecule has 1 fully saturated rings. The van der Waals surface area contributed by atoms with E-state index in [1.165, 1.54) is 0 Å². The van der Waals surface area contributed by atoms with Crippen LogP contribution in [0.1, 0.15) is 46.0 Å². The predicted octanol–water partition coefficient (Wildman–Crippen LogP) is 2.15. The number of ether oxygens (including phenoxy) is 1. The Balaban J connectivity index is 2.00. The molecule has 0 spiro atoms. The van der Waals surface area contributed by atoms with Gasteiger partial charge in [0, 0.05) is 6.42 Å². The summed E-state index contributed by atoms with van der Waals surface area (Å²) in [6.07, 6.45) is 5.21. The number of carbonyl (C=O) groups is 1. The zero-order chi connectivity index (χ0) is 11.8. The summed E-state index contributed by atoms with van der Waals surface area (Å²) in [5.41, 5.74) is 0. The van der Waals surface area contributed by atoms with Gasteiger partial charge in [0.25, 0.3) is 0 Å². The van der Waals surface area contributed by atoms with Crippen molar-refractivity contribution in [1.29, 1.82) is 0 Å². The molecule has 0 saturated carbocycles. The summed E-state index contributed by atoms with van der Waals surface area (Å²) in [5, 5.41) is 3.28. The van der Waals surface area contributed by atoms with Gasteiger partial charge in [-0.3, -0.25) is 4.79 Å². The van der Waals surface area contributed by atoms with Crippen LogP contribution >= 0.6 is 0 Å². The quantitative estimate of drug-likeness (QED) is 0.724. The maximum atomic E-state index is 11.5. The van der Waals surface area contributed by atoms with Crippen LogP contribution in [-0.4, -0.2) is 31.6 Å². The van der Waals surface area contributed by atoms with Crippen LogP contribution in [0.15, 0.2) is 0 Å². The highest BCUT2D eigenvalue weighted by molar-refractivity contribution is 5.79. The van der Waals surface area contributed by atoms with Crippen molar-refractivity contribution < 1.29 is 9.53 Å². The molecule has 0 radical (unpaired) electrons. The Morgan fingerprint density at radius 2 is 2.06 bits per heavy atom. The van der Waals surface area contributed by atoms with E-state index in [1.54, 1.807) is 0 Å². The third-order valence-corrected chi connectivity index (χ3v) is 3.00. The lowest BCUT2D eigenvalue weighted by molar-refractivity contribution is -0.126. The molecule has 16 heavy (non-hydrogen) atoms. The summed E-state index contributed by atoms with van der Waals surface area (Å²) >= 11 is 0. The Hall–Kier alpha value is -0.410. The number of ketones is 1. The minimum Gasteiger partial charge on any atom is -0.370 e. The number of hydrogen-bond acceptors (Lipinski definition) is 3. The van der Waals surface area contributed by atoms with Crippen LogP contribution in [0.5, 0.6) is 0 Å². The van der Waals surface area contributed by atoms with Crippen molar-refractivity contribution in [2.45, 2.75) is 52.1 Å². The first-order valence-electron chi connectivity index (χ1n) is 6.52. The molecule has 3 nitrogen and oxygen atoms in total. The number of nitrogens with one attached hydrogen (secondary N) is 1. The second-order valence-electron chi connectivity index (χ2n) is 5.09. The monoisotopic (exact) mass is 227 g/mol. The predicted molar refractivity (Wildman–Crippen MR) is 65.5 cm³/mol. The molecule has 0 aromatic rings. The van der Waals surface area contributed by atoms with Crippen molar-refractivity contribution in [3.05, 3.63) is 0 Å². The largest absolute Gasteiger partial charge is 0.370 e. The van der Waals surface area contributed by atoms with Crippen LogP contribution in [0.4, 0.5) is 0 Å². The maximum Gasteiger partial charge on any atom is 0.158 e. The van der Waals surface area contributed by atoms with Gasteiger partial charge >= 0.3 is 0 Å². The number of carbonyl (C=O) groups excluding carboxylic acids is 1. The van der Waals surface area contributed by atoms with Gasteiger partial charge in [0.05, 0.1) is 6.10 Å². The van der Waals surface area contributed by atoms with E-state index in [9.17, 15) is 4.79 Å². The first-order valence-corrected chi connectivity index (χ1v) is 6.52. The lowest BCUT2D eigenvalue weighted by Crippen LogP contribution is -2.33. The molecular formula is C13H25NO2. The normalized spacial score (nSPS) is 17.9. The topological polar surface area (TPSA) is 38.3 Å². The zero-order valence-electron chi connectivity index (χ0n) is 10.6. The van der Waals surface area contributed by atoms with Gasteiger partial charge in [-0.1, -0.05) is 20.3 Å². The van der Waals surface area contributed by atoms with E-state index in [0.29, 0.717) is 25.0 Å². The summed E-state index contributed by atoms with van der Waals surface area (Å²) < 4.78 is 5.61. The van der Waals surface area contributed by atoms with Gasteiger partial charge in [0.1, 0.15) is 6.61 Å². The van der Waals surface area contributed by atoms with Crippen molar-refractivity contribution in [2.75, 3.05) is 19.7 Å². The second kappa shape index (κ2) is 7.80. The van der Waals surface area contributed by atoms with Gasteiger partial charge in [0.2, 0.25) is 0 Å². The summed E-state index contributed by atoms with van der Waals surface area (Å²) in [6, 6.07) is 0. The highest BCUT2D eigenvalue weighted by Crippen LogP contribution is 2.09. The minimum atomic E-state index is 0.263. The van der Waals surface area contributed by atoms with Crippen LogP contribution in [0, 0.1) is 5.92 Å². The Bertz CT molecular complexity index is 198. The number of Topliss-reactive ketones (excluding diaryl/α,β-unsaturated/α-hetero) is 1. The molecule has 0 unspecified atom stereocenters. The fourth-order valence-electron chi connectivity index (χ4n) is 1.95. The van der Waals surface area contributed by atoms with Crippen LogP contribution in [0.25, 0.3) is 0 Å². The van der Waals surface area contributed by atoms with Crippen LogP contribution in [-0.2, 0) is 9.53 Å². The number of piperidine rings is 1. The van der Waals surface area contributed by atoms with E-state index < -0.39 is 0 Å². The van der Waals surface area contributed by atoms with Crippen molar-refractivity contribution >= 4 is 5.78 Å². The molecule has 1 aliphatic heterocycles. The molecule has 1 N–H and O–H groups in total. The van der Waals surface area contributed by atoms with Crippen LogP contribution in [0.2, 0.25) is 0 Å². The Kier molecular flexibility index (Phi) is 6.65. The SMILES string of the molecule is CC(C)CCCC(=O)COC1CCNCC1. The van der Waals surface area contributed by atoms with Crippen molar-refractivity contribution in [1.82, 2.24) is 5.32 Å². The molecule has 0 atom stereocenters. The molecule has 0 aliphatic carbocycles. The third kappa shape index (κ3) is 6.23. The lowest BCUT2D eigenvalue weighted by Gasteiger charge is -2.22. The molecular weight excluding hydrogens is 202 g/mol. The molecule has 1 saturated heterocycles. The van der Waals surface area contributed by atoms with E-state index in [1.807, 2.05) is 0 Å². The zero-order valence-corrected chi connectivity index (χ0v) is 10.6. The Labute approximate surface area is 98.9 Å². The fourth-order valence-corrected chi connectivity index (χ4v) is 1.95. The van der Waals surface area contributed by atoms with E-state index in [2.05, 4.69) is 19.2 Å². The van der Waals surface area contributed by atoms with E-state index >= 15 is 0 Å². The molecule has 1 aliphatic rings. The number of hydrogen-bond donors (Lipinski definition) is 1. The van der Waals surface area contributed by atoms with E-state index in [4.69, 9.17) is 4.74 Å². The maximum absolute atomic E-state index is 11.5. The van der Waals surface area contributed by atoms with Crippen molar-refractivity contribution in [3.63, 3.8) is 0 Å². The van der Waals surface area contributed by atoms with Gasteiger partial charge in [-0.2, -0.15) is 0 Å². The van der Waals surface area contributed by atoms with E-state index in [-0.39, 0.29) is 5.78 Å². The van der Waals surface area contributed by atoms with Gasteiger partial charge in [-0.05, 0) is 38.3 Å². The lowest BCUT2D eigenvalue weighted by atomic mass is 10.1. The molecule has 0 bridgehead atoms. The molecule has 3 heteroatoms. The van der Waals surface area contributed by atoms with Gasteiger partial charge in [-0.25, -0.2) is 0 Å². The fraction of sp³-hybridized carbons (Fsp3) is 0.923. The Morgan fingerprint density at radius 1 is 1.38 bits per heavy atom. The number of rotatable bonds is 7. The highest BCUT2D eigenvalue weighted by Gasteiger charge is 2.14. The smallest absolute Gasteiger partial charge is 0.158 e. The average Bonchev–Trinajstić information content (AvgIpc) is 2.27. The average molecular weight is 227 g/mol. The molecule has 1 heterocycles. The standard InChI is InChI=1S/C13H25NO2/c1-11(2)4-3-5-12(15)10-16-13-6-8-14-9-7-13/h11,13-14H,3-10H2,1-2H3. The minimum absolute atomic E-state index is 0.263. The first kappa shape index (κ1) is 13.7. The summed E-state index contributed by atoms with van der Waals surface area (Å²) in [4.78, 5) is 11.5. The summed E-state index contributed by atoms with van der Waals surface area (Å²) in [7, 11) is 0. The first-order chi connectivity index (χ1) is 7.68. The molecule has 0 aromatic carbocycles. The van der Waals surface area contributed by atoms with Crippen molar-refractivity contribution in [3.8, 4) is 0 Å². The van der Waals surface area contributed by atoms with Gasteiger partial charge in [-0.15, -0.1) is 0 Å². The van der Waals surface area contributed by atoms with E-state index in [0.717, 1.165) is 38.8 Å². The molecule has 0 aromatic heterocycles. The highest BCUT2D eigenvalue weighted by atomic mass is 16.5. The third-order valence-electron chi connectivity index (χ3n) is 3.00. The summed E-state index contributed by atoms with van der Waals surface area (Å²) in [6.45, 7) is 6.74. The van der Waals surface area contributed by atoms with Crippen molar-refractivity contribution in [2.24, 2.45) is 5.92 Å². The van der Waals surface area contributed by atoms with Gasteiger partial charge < -0.3 is 10.1 Å².